The van der Waals surface area contributed by atoms with Crippen LogP contribution < -0.4 is 10.9 Å². The van der Waals surface area contributed by atoms with Crippen molar-refractivity contribution in [2.24, 2.45) is 0 Å². The third-order valence-electron chi connectivity index (χ3n) is 3.80. The smallest absolute Gasteiger partial charge is 0.259 e. The van der Waals surface area contributed by atoms with Crippen molar-refractivity contribution in [3.63, 3.8) is 0 Å². The van der Waals surface area contributed by atoms with Crippen molar-refractivity contribution in [2.75, 3.05) is 11.9 Å². The van der Waals surface area contributed by atoms with E-state index in [1.807, 2.05) is 24.3 Å². The van der Waals surface area contributed by atoms with Crippen LogP contribution in [0, 0.1) is 0 Å². The van der Waals surface area contributed by atoms with Gasteiger partial charge in [-0.1, -0.05) is 59.9 Å². The average molecular weight is 404 g/mol. The molecule has 26 heavy (non-hydrogen) atoms. The van der Waals surface area contributed by atoms with Crippen LogP contribution in [0.3, 0.4) is 0 Å². The summed E-state index contributed by atoms with van der Waals surface area (Å²) >= 11 is 4.63. The molecule has 0 radical (unpaired) electrons. The lowest BCUT2D eigenvalue weighted by molar-refractivity contribution is 0.830. The van der Waals surface area contributed by atoms with Crippen LogP contribution in [0.25, 0.3) is 15.2 Å². The second kappa shape index (κ2) is 7.73. The van der Waals surface area contributed by atoms with Crippen LogP contribution in [0.1, 0.15) is 25.5 Å². The number of nitrogens with one attached hydrogen (secondary N) is 1. The van der Waals surface area contributed by atoms with Gasteiger partial charge in [-0.3, -0.25) is 9.20 Å². The van der Waals surface area contributed by atoms with Gasteiger partial charge in [-0.05, 0) is 18.6 Å². The molecule has 4 rings (SSSR count). The number of para-hydroxylation sites is 1. The molecule has 0 amide bonds. The fourth-order valence-electron chi connectivity index (χ4n) is 2.54. The summed E-state index contributed by atoms with van der Waals surface area (Å²) in [6.45, 7) is 3.07. The molecule has 134 valence electrons. The van der Waals surface area contributed by atoms with Gasteiger partial charge in [0.05, 0.1) is 15.9 Å². The van der Waals surface area contributed by atoms with E-state index in [4.69, 9.17) is 0 Å². The Morgan fingerprint density at radius 3 is 3.00 bits per heavy atom. The number of hydrogen-bond acceptors (Lipinski definition) is 8. The van der Waals surface area contributed by atoms with Crippen molar-refractivity contribution in [1.29, 1.82) is 0 Å². The van der Waals surface area contributed by atoms with Gasteiger partial charge in [0.1, 0.15) is 0 Å². The van der Waals surface area contributed by atoms with Gasteiger partial charge in [0.2, 0.25) is 5.13 Å². The SMILES string of the molecule is CCCCNc1nnc(SCc2cc(=O)n3c(n2)sc2ccccc23)s1. The predicted octanol–water partition coefficient (Wildman–Crippen LogP) is 4.27. The van der Waals surface area contributed by atoms with Gasteiger partial charge in [-0.25, -0.2) is 4.98 Å². The summed E-state index contributed by atoms with van der Waals surface area (Å²) in [5.74, 6) is 0.601. The molecule has 0 saturated carbocycles. The number of hydrogen-bond donors (Lipinski definition) is 1. The molecule has 3 aromatic heterocycles. The van der Waals surface area contributed by atoms with Crippen LogP contribution in [0.15, 0.2) is 39.5 Å². The molecule has 0 atom stereocenters. The molecule has 4 aromatic rings. The first-order chi connectivity index (χ1) is 12.7. The number of thiazole rings is 1. The van der Waals surface area contributed by atoms with E-state index in [0.717, 1.165) is 49.7 Å². The number of nitrogens with zero attached hydrogens (tertiary/aromatic N) is 4. The zero-order chi connectivity index (χ0) is 17.9. The summed E-state index contributed by atoms with van der Waals surface area (Å²) in [5.41, 5.74) is 1.64. The quantitative estimate of drug-likeness (QED) is 0.367. The summed E-state index contributed by atoms with van der Waals surface area (Å²) in [6, 6.07) is 9.48. The Morgan fingerprint density at radius 2 is 2.12 bits per heavy atom. The topological polar surface area (TPSA) is 72.2 Å². The minimum atomic E-state index is -0.0396. The molecule has 0 aliphatic heterocycles. The second-order valence-corrected chi connectivity index (χ2v) is 8.92. The molecule has 9 heteroatoms. The molecular formula is C17H17N5OS3. The molecule has 0 aliphatic rings. The molecule has 3 heterocycles. The van der Waals surface area contributed by atoms with Crippen molar-refractivity contribution in [3.8, 4) is 0 Å². The van der Waals surface area contributed by atoms with Crippen LogP contribution in [-0.4, -0.2) is 26.1 Å². The van der Waals surface area contributed by atoms with E-state index in [9.17, 15) is 4.79 Å². The first-order valence-electron chi connectivity index (χ1n) is 8.35. The van der Waals surface area contributed by atoms with Gasteiger partial charge in [0.15, 0.2) is 9.30 Å². The van der Waals surface area contributed by atoms with Gasteiger partial charge in [0.25, 0.3) is 5.56 Å². The largest absolute Gasteiger partial charge is 0.360 e. The van der Waals surface area contributed by atoms with Crippen molar-refractivity contribution in [1.82, 2.24) is 19.6 Å². The maximum absolute atomic E-state index is 12.5. The molecule has 0 saturated heterocycles. The van der Waals surface area contributed by atoms with Crippen molar-refractivity contribution in [3.05, 3.63) is 46.4 Å². The number of benzene rings is 1. The van der Waals surface area contributed by atoms with Gasteiger partial charge < -0.3 is 5.32 Å². The molecule has 0 bridgehead atoms. The molecule has 1 N–H and O–H groups in total. The molecule has 0 unspecified atom stereocenters. The van der Waals surface area contributed by atoms with Crippen LogP contribution >= 0.6 is 34.4 Å². The minimum Gasteiger partial charge on any atom is -0.360 e. The number of anilines is 1. The van der Waals surface area contributed by atoms with E-state index in [-0.39, 0.29) is 5.56 Å². The first kappa shape index (κ1) is 17.4. The number of unbranched alkanes of at least 4 members (excludes halogenated alkanes) is 1. The summed E-state index contributed by atoms with van der Waals surface area (Å²) < 4.78 is 3.62. The van der Waals surface area contributed by atoms with Crippen LogP contribution in [0.4, 0.5) is 5.13 Å². The Balaban J connectivity index is 1.51. The van der Waals surface area contributed by atoms with E-state index >= 15 is 0 Å². The van der Waals surface area contributed by atoms with Crippen molar-refractivity contribution in [2.45, 2.75) is 29.9 Å². The first-order valence-corrected chi connectivity index (χ1v) is 11.0. The predicted molar refractivity (Wildman–Crippen MR) is 110 cm³/mol. The third-order valence-corrected chi connectivity index (χ3v) is 6.87. The second-order valence-electron chi connectivity index (χ2n) is 5.72. The summed E-state index contributed by atoms with van der Waals surface area (Å²) in [4.78, 5) is 17.9. The maximum Gasteiger partial charge on any atom is 0.259 e. The monoisotopic (exact) mass is 403 g/mol. The molecule has 6 nitrogen and oxygen atoms in total. The molecule has 0 aliphatic carbocycles. The molecule has 0 spiro atoms. The number of thioether (sulfide) groups is 1. The van der Waals surface area contributed by atoms with Crippen LogP contribution in [-0.2, 0) is 5.75 Å². The lowest BCUT2D eigenvalue weighted by Crippen LogP contribution is -2.13. The highest BCUT2D eigenvalue weighted by Crippen LogP contribution is 2.29. The normalized spacial score (nSPS) is 11.4. The molecule has 0 fully saturated rings. The van der Waals surface area contributed by atoms with Crippen molar-refractivity contribution < 1.29 is 0 Å². The Bertz CT molecular complexity index is 1100. The van der Waals surface area contributed by atoms with Gasteiger partial charge >= 0.3 is 0 Å². The standard InChI is InChI=1S/C17H17N5OS3/c1-2-3-8-18-15-20-21-17(26-15)24-10-11-9-14(23)22-12-6-4-5-7-13(12)25-16(22)19-11/h4-7,9H,2-3,8,10H2,1H3,(H,18,20). The summed E-state index contributed by atoms with van der Waals surface area (Å²) in [6.07, 6.45) is 2.26. The van der Waals surface area contributed by atoms with Gasteiger partial charge in [-0.2, -0.15) is 0 Å². The fraction of sp³-hybridized carbons (Fsp3) is 0.294. The lowest BCUT2D eigenvalue weighted by Gasteiger charge is -1.99. The van der Waals surface area contributed by atoms with Crippen molar-refractivity contribution >= 4 is 54.7 Å². The highest BCUT2D eigenvalue weighted by molar-refractivity contribution is 8.00. The van der Waals surface area contributed by atoms with E-state index < -0.39 is 0 Å². The zero-order valence-electron chi connectivity index (χ0n) is 14.1. The zero-order valence-corrected chi connectivity index (χ0v) is 16.6. The number of fused-ring (bicyclic) bond motifs is 3. The highest BCUT2D eigenvalue weighted by Gasteiger charge is 2.11. The van der Waals surface area contributed by atoms with E-state index in [1.54, 1.807) is 22.2 Å². The van der Waals surface area contributed by atoms with Gasteiger partial charge in [-0.15, -0.1) is 10.2 Å². The average Bonchev–Trinajstić information content (AvgIpc) is 3.24. The van der Waals surface area contributed by atoms with E-state index in [1.165, 1.54) is 22.7 Å². The summed E-state index contributed by atoms with van der Waals surface area (Å²) in [7, 11) is 0. The van der Waals surface area contributed by atoms with Crippen LogP contribution in [0.2, 0.25) is 0 Å². The fourth-order valence-corrected chi connectivity index (χ4v) is 5.26. The lowest BCUT2D eigenvalue weighted by atomic mass is 10.3. The summed E-state index contributed by atoms with van der Waals surface area (Å²) in [5, 5.41) is 12.5. The van der Waals surface area contributed by atoms with E-state index in [0.29, 0.717) is 5.75 Å². The minimum absolute atomic E-state index is 0.0396. The number of aromatic nitrogens is 4. The Labute approximate surface area is 162 Å². The number of rotatable bonds is 7. The molecule has 1 aromatic carbocycles. The Hall–Kier alpha value is -1.97. The Kier molecular flexibility index (Phi) is 5.18. The van der Waals surface area contributed by atoms with Gasteiger partial charge in [0, 0.05) is 18.4 Å². The highest BCUT2D eigenvalue weighted by atomic mass is 32.2. The Morgan fingerprint density at radius 1 is 1.23 bits per heavy atom. The van der Waals surface area contributed by atoms with E-state index in [2.05, 4.69) is 27.4 Å². The molecular weight excluding hydrogens is 386 g/mol. The van der Waals surface area contributed by atoms with Crippen LogP contribution in [0.5, 0.6) is 0 Å². The maximum atomic E-state index is 12.5. The third kappa shape index (κ3) is 3.60.